The van der Waals surface area contributed by atoms with Crippen LogP contribution in [0.3, 0.4) is 0 Å². The summed E-state index contributed by atoms with van der Waals surface area (Å²) >= 11 is 0. The van der Waals surface area contributed by atoms with Crippen LogP contribution < -0.4 is 4.74 Å². The Bertz CT molecular complexity index is 1090. The number of methoxy groups -OCH3 is 1. The number of aromatic nitrogens is 1. The average molecular weight is 431 g/mol. The van der Waals surface area contributed by atoms with E-state index >= 15 is 0 Å². The molecule has 1 aromatic heterocycles. The van der Waals surface area contributed by atoms with Crippen molar-refractivity contribution in [1.29, 1.82) is 0 Å². The smallest absolute Gasteiger partial charge is 0.416 e. The minimum absolute atomic E-state index is 0.173. The molecule has 7 heteroatoms. The van der Waals surface area contributed by atoms with Gasteiger partial charge in [0.25, 0.3) is 0 Å². The van der Waals surface area contributed by atoms with Crippen LogP contribution in [0.15, 0.2) is 48.7 Å². The van der Waals surface area contributed by atoms with Gasteiger partial charge >= 0.3 is 12.1 Å². The number of hydrogen-bond acceptors (Lipinski definition) is 3. The molecule has 0 spiro atoms. The molecule has 0 aliphatic rings. The van der Waals surface area contributed by atoms with E-state index in [-0.39, 0.29) is 11.4 Å². The third kappa shape index (κ3) is 5.23. The molecule has 3 aromatic rings. The van der Waals surface area contributed by atoms with E-state index in [4.69, 9.17) is 9.84 Å². The number of carboxylic acids is 1. The van der Waals surface area contributed by atoms with E-state index in [1.54, 1.807) is 38.2 Å². The summed E-state index contributed by atoms with van der Waals surface area (Å²) in [6, 6.07) is 10.1. The summed E-state index contributed by atoms with van der Waals surface area (Å²) in [5.74, 6) is -0.731. The van der Waals surface area contributed by atoms with Crippen LogP contribution in [0, 0.1) is 13.8 Å². The lowest BCUT2D eigenvalue weighted by Gasteiger charge is -2.15. The second kappa shape index (κ2) is 9.64. The minimum Gasteiger partial charge on any atom is -0.481 e. The zero-order valence-corrected chi connectivity index (χ0v) is 18.0. The van der Waals surface area contributed by atoms with E-state index in [0.717, 1.165) is 23.3 Å². The maximum Gasteiger partial charge on any atom is 0.416 e. The van der Waals surface area contributed by atoms with Crippen molar-refractivity contribution < 1.29 is 27.8 Å². The number of aromatic carboxylic acids is 1. The first-order valence-corrected chi connectivity index (χ1v) is 9.68. The van der Waals surface area contributed by atoms with E-state index in [0.29, 0.717) is 22.3 Å². The normalized spacial score (nSPS) is 10.8. The standard InChI is InChI=1S/C22H18F3NO3.C2H6/c1-12-8-14(21(27)28)4-6-17(12)15-10-19(20(29-3)26-11-15)18-7-5-16(9-13(18)2)22(23,24)25;1-2/h4-11H,1-3H3,(H,27,28);1-2H3. The Morgan fingerprint density at radius 1 is 0.935 bits per heavy atom. The fourth-order valence-corrected chi connectivity index (χ4v) is 3.22. The molecule has 1 heterocycles. The molecule has 0 unspecified atom stereocenters. The van der Waals surface area contributed by atoms with Gasteiger partial charge in [-0.25, -0.2) is 9.78 Å². The van der Waals surface area contributed by atoms with Crippen molar-refractivity contribution in [3.05, 3.63) is 70.9 Å². The van der Waals surface area contributed by atoms with E-state index in [2.05, 4.69) is 4.98 Å². The molecule has 0 radical (unpaired) electrons. The summed E-state index contributed by atoms with van der Waals surface area (Å²) < 4.78 is 44.3. The highest BCUT2D eigenvalue weighted by molar-refractivity contribution is 5.89. The summed E-state index contributed by atoms with van der Waals surface area (Å²) in [7, 11) is 1.44. The van der Waals surface area contributed by atoms with Crippen molar-refractivity contribution in [1.82, 2.24) is 4.98 Å². The maximum atomic E-state index is 13.0. The first-order chi connectivity index (χ1) is 14.6. The van der Waals surface area contributed by atoms with Gasteiger partial charge in [0.15, 0.2) is 0 Å². The van der Waals surface area contributed by atoms with E-state index in [1.165, 1.54) is 19.2 Å². The molecule has 0 saturated heterocycles. The van der Waals surface area contributed by atoms with Crippen LogP contribution in [0.1, 0.15) is 40.9 Å². The highest BCUT2D eigenvalue weighted by Gasteiger charge is 2.31. The summed E-state index contributed by atoms with van der Waals surface area (Å²) in [5.41, 5.74) is 3.24. The van der Waals surface area contributed by atoms with Crippen LogP contribution in [0.5, 0.6) is 5.88 Å². The number of pyridine rings is 1. The Morgan fingerprint density at radius 2 is 1.55 bits per heavy atom. The molecule has 2 aromatic carbocycles. The fraction of sp³-hybridized carbons (Fsp3) is 0.250. The number of rotatable bonds is 4. The van der Waals surface area contributed by atoms with Crippen LogP contribution in [-0.4, -0.2) is 23.2 Å². The number of carbonyl (C=O) groups is 1. The zero-order valence-electron chi connectivity index (χ0n) is 18.0. The number of benzene rings is 2. The number of alkyl halides is 3. The highest BCUT2D eigenvalue weighted by Crippen LogP contribution is 2.38. The number of nitrogens with zero attached hydrogens (tertiary/aromatic N) is 1. The minimum atomic E-state index is -4.42. The monoisotopic (exact) mass is 431 g/mol. The van der Waals surface area contributed by atoms with Crippen LogP contribution in [0.4, 0.5) is 13.2 Å². The number of ether oxygens (including phenoxy) is 1. The van der Waals surface area contributed by atoms with Crippen LogP contribution in [0.25, 0.3) is 22.3 Å². The first kappa shape index (κ1) is 23.9. The van der Waals surface area contributed by atoms with Gasteiger partial charge in [-0.2, -0.15) is 13.2 Å². The molecule has 0 amide bonds. The van der Waals surface area contributed by atoms with Gasteiger partial charge in [0.2, 0.25) is 5.88 Å². The summed E-state index contributed by atoms with van der Waals surface area (Å²) in [6.45, 7) is 7.39. The second-order valence-electron chi connectivity index (χ2n) is 6.64. The van der Waals surface area contributed by atoms with E-state index in [1.807, 2.05) is 13.8 Å². The molecule has 0 atom stereocenters. The van der Waals surface area contributed by atoms with Crippen LogP contribution in [-0.2, 0) is 6.18 Å². The van der Waals surface area contributed by atoms with E-state index < -0.39 is 17.7 Å². The van der Waals surface area contributed by atoms with Gasteiger partial charge in [0.05, 0.1) is 18.2 Å². The Kier molecular flexibility index (Phi) is 7.44. The first-order valence-electron chi connectivity index (χ1n) is 9.68. The third-order valence-electron chi connectivity index (χ3n) is 4.67. The summed E-state index contributed by atoms with van der Waals surface area (Å²) in [4.78, 5) is 15.5. The fourth-order valence-electron chi connectivity index (χ4n) is 3.22. The molecule has 3 rings (SSSR count). The van der Waals surface area contributed by atoms with Crippen molar-refractivity contribution in [3.63, 3.8) is 0 Å². The molecule has 0 aliphatic heterocycles. The third-order valence-corrected chi connectivity index (χ3v) is 4.67. The van der Waals surface area contributed by atoms with Crippen molar-refractivity contribution in [2.45, 2.75) is 33.9 Å². The topological polar surface area (TPSA) is 59.4 Å². The number of hydrogen-bond donors (Lipinski definition) is 1. The van der Waals surface area contributed by atoms with Crippen molar-refractivity contribution in [3.8, 4) is 28.1 Å². The van der Waals surface area contributed by atoms with Gasteiger partial charge in [-0.1, -0.05) is 26.0 Å². The Labute approximate surface area is 179 Å². The van der Waals surface area contributed by atoms with Gasteiger partial charge in [-0.3, -0.25) is 0 Å². The molecule has 164 valence electrons. The molecular formula is C24H24F3NO3. The van der Waals surface area contributed by atoms with Gasteiger partial charge < -0.3 is 9.84 Å². The Morgan fingerprint density at radius 3 is 2.06 bits per heavy atom. The summed E-state index contributed by atoms with van der Waals surface area (Å²) in [6.07, 6.45) is -2.83. The maximum absolute atomic E-state index is 13.0. The molecule has 0 fully saturated rings. The lowest BCUT2D eigenvalue weighted by molar-refractivity contribution is -0.137. The van der Waals surface area contributed by atoms with Crippen LogP contribution >= 0.6 is 0 Å². The lowest BCUT2D eigenvalue weighted by atomic mass is 9.94. The van der Waals surface area contributed by atoms with Gasteiger partial charge in [0.1, 0.15) is 0 Å². The molecule has 0 aliphatic carbocycles. The number of aryl methyl sites for hydroxylation is 2. The van der Waals surface area contributed by atoms with Crippen molar-refractivity contribution in [2.75, 3.05) is 7.11 Å². The van der Waals surface area contributed by atoms with Crippen molar-refractivity contribution >= 4 is 5.97 Å². The lowest BCUT2D eigenvalue weighted by Crippen LogP contribution is -2.05. The average Bonchev–Trinajstić information content (AvgIpc) is 2.74. The zero-order chi connectivity index (χ0) is 23.3. The number of halogens is 3. The number of carboxylic acid groups (broad SMARTS) is 1. The van der Waals surface area contributed by atoms with Gasteiger partial charge in [-0.15, -0.1) is 0 Å². The molecule has 4 nitrogen and oxygen atoms in total. The van der Waals surface area contributed by atoms with Crippen molar-refractivity contribution in [2.24, 2.45) is 0 Å². The molecule has 0 saturated carbocycles. The van der Waals surface area contributed by atoms with E-state index in [9.17, 15) is 18.0 Å². The SMILES string of the molecule is CC.COc1ncc(-c2ccc(C(=O)O)cc2C)cc1-c1ccc(C(F)(F)F)cc1C. The van der Waals surface area contributed by atoms with Gasteiger partial charge in [-0.05, 0) is 66.4 Å². The Balaban J connectivity index is 0.00000166. The largest absolute Gasteiger partial charge is 0.481 e. The molecule has 0 bridgehead atoms. The molecule has 31 heavy (non-hydrogen) atoms. The second-order valence-corrected chi connectivity index (χ2v) is 6.64. The predicted octanol–water partition coefficient (Wildman–Crippen LogP) is 6.78. The van der Waals surface area contributed by atoms with Crippen LogP contribution in [0.2, 0.25) is 0 Å². The predicted molar refractivity (Wildman–Crippen MR) is 114 cm³/mol. The quantitative estimate of drug-likeness (QED) is 0.494. The van der Waals surface area contributed by atoms with Gasteiger partial charge in [0, 0.05) is 17.3 Å². The highest BCUT2D eigenvalue weighted by atomic mass is 19.4. The molecule has 1 N–H and O–H groups in total. The summed E-state index contributed by atoms with van der Waals surface area (Å²) in [5, 5.41) is 9.13. The Hall–Kier alpha value is -3.35. The molecular weight excluding hydrogens is 407 g/mol.